The highest BCUT2D eigenvalue weighted by atomic mass is 35.5. The van der Waals surface area contributed by atoms with Gasteiger partial charge in [0.1, 0.15) is 0 Å². The molecule has 1 aromatic heterocycles. The normalized spacial score (nSPS) is 11.7. The molecular formula is C9H17ClN4O2. The first-order valence-electron chi connectivity index (χ1n) is 4.72. The Bertz CT molecular complexity index is 327. The number of hydrogen-bond donors (Lipinski definition) is 2. The van der Waals surface area contributed by atoms with Gasteiger partial charge in [0.05, 0.1) is 19.2 Å². The number of halogens is 1. The summed E-state index contributed by atoms with van der Waals surface area (Å²) in [5.41, 5.74) is 5.40. The van der Waals surface area contributed by atoms with E-state index in [0.29, 0.717) is 19.0 Å². The molecule has 1 aromatic rings. The van der Waals surface area contributed by atoms with Crippen LogP contribution in [-0.2, 0) is 16.1 Å². The second kappa shape index (κ2) is 7.21. The number of hydrogen-bond acceptors (Lipinski definition) is 4. The summed E-state index contributed by atoms with van der Waals surface area (Å²) in [6.07, 6.45) is 1.77. The van der Waals surface area contributed by atoms with E-state index in [9.17, 15) is 4.79 Å². The predicted octanol–water partition coefficient (Wildman–Crippen LogP) is 0.237. The zero-order valence-electron chi connectivity index (χ0n) is 9.34. The van der Waals surface area contributed by atoms with Gasteiger partial charge in [-0.1, -0.05) is 0 Å². The van der Waals surface area contributed by atoms with Gasteiger partial charge < -0.3 is 15.8 Å². The van der Waals surface area contributed by atoms with E-state index in [1.165, 1.54) is 0 Å². The Morgan fingerprint density at radius 2 is 2.44 bits per heavy atom. The van der Waals surface area contributed by atoms with Gasteiger partial charge in [0, 0.05) is 19.4 Å². The number of nitrogens with two attached hydrogens (primary N) is 1. The van der Waals surface area contributed by atoms with Gasteiger partial charge in [-0.15, -0.1) is 12.4 Å². The largest absolute Gasteiger partial charge is 0.383 e. The Morgan fingerprint density at radius 3 is 3.00 bits per heavy atom. The summed E-state index contributed by atoms with van der Waals surface area (Å²) >= 11 is 0. The van der Waals surface area contributed by atoms with Crippen LogP contribution in [0.2, 0.25) is 0 Å². The van der Waals surface area contributed by atoms with Crippen LogP contribution in [0.4, 0.5) is 5.82 Å². The average molecular weight is 249 g/mol. The molecule has 0 saturated carbocycles. The molecule has 0 aromatic carbocycles. The van der Waals surface area contributed by atoms with Crippen molar-refractivity contribution in [3.05, 3.63) is 12.3 Å². The Morgan fingerprint density at radius 1 is 1.75 bits per heavy atom. The summed E-state index contributed by atoms with van der Waals surface area (Å²) in [4.78, 5) is 11.2. The quantitative estimate of drug-likeness (QED) is 0.782. The van der Waals surface area contributed by atoms with E-state index < -0.39 is 6.04 Å². The summed E-state index contributed by atoms with van der Waals surface area (Å²) in [5.74, 6) is 0.264. The third-order valence-corrected chi connectivity index (χ3v) is 1.83. The second-order valence-corrected chi connectivity index (χ2v) is 3.23. The first-order chi connectivity index (χ1) is 7.13. The molecule has 0 spiro atoms. The van der Waals surface area contributed by atoms with E-state index in [-0.39, 0.29) is 18.3 Å². The second-order valence-electron chi connectivity index (χ2n) is 3.23. The van der Waals surface area contributed by atoms with Gasteiger partial charge in [0.15, 0.2) is 5.82 Å². The Labute approximate surface area is 101 Å². The molecule has 0 saturated heterocycles. The molecule has 1 heterocycles. The Kier molecular flexibility index (Phi) is 6.71. The lowest BCUT2D eigenvalue weighted by Gasteiger charge is -2.04. The zero-order valence-corrected chi connectivity index (χ0v) is 10.2. The highest BCUT2D eigenvalue weighted by molar-refractivity contribution is 5.93. The van der Waals surface area contributed by atoms with E-state index in [0.717, 1.165) is 0 Å². The SMILES string of the molecule is COCCn1ccc(NC(=O)C(C)N)n1.Cl. The fraction of sp³-hybridized carbons (Fsp3) is 0.556. The van der Waals surface area contributed by atoms with Crippen molar-refractivity contribution in [1.29, 1.82) is 0 Å². The van der Waals surface area contributed by atoms with E-state index in [4.69, 9.17) is 10.5 Å². The Hall–Kier alpha value is -1.11. The van der Waals surface area contributed by atoms with Crippen molar-refractivity contribution >= 4 is 24.1 Å². The van der Waals surface area contributed by atoms with Crippen LogP contribution in [0.15, 0.2) is 12.3 Å². The van der Waals surface area contributed by atoms with Crippen molar-refractivity contribution in [1.82, 2.24) is 9.78 Å². The molecule has 0 bridgehead atoms. The first kappa shape index (κ1) is 14.9. The average Bonchev–Trinajstić information content (AvgIpc) is 2.62. The third kappa shape index (κ3) is 4.61. The molecule has 16 heavy (non-hydrogen) atoms. The van der Waals surface area contributed by atoms with E-state index in [1.807, 2.05) is 0 Å². The van der Waals surface area contributed by atoms with Crippen LogP contribution in [0, 0.1) is 0 Å². The standard InChI is InChI=1S/C9H16N4O2.ClH/c1-7(10)9(14)11-8-3-4-13(12-8)5-6-15-2;/h3-4,7H,5-6,10H2,1-2H3,(H,11,12,14);1H. The minimum absolute atomic E-state index is 0. The molecule has 1 amide bonds. The van der Waals surface area contributed by atoms with Gasteiger partial charge in [0.2, 0.25) is 5.91 Å². The molecule has 92 valence electrons. The van der Waals surface area contributed by atoms with Crippen molar-refractivity contribution in [3.8, 4) is 0 Å². The predicted molar refractivity (Wildman–Crippen MR) is 63.6 cm³/mol. The summed E-state index contributed by atoms with van der Waals surface area (Å²) in [5, 5.41) is 6.72. The fourth-order valence-corrected chi connectivity index (χ4v) is 0.978. The number of carbonyl (C=O) groups is 1. The first-order valence-corrected chi connectivity index (χ1v) is 4.72. The molecule has 0 radical (unpaired) electrons. The van der Waals surface area contributed by atoms with Crippen molar-refractivity contribution < 1.29 is 9.53 Å². The molecule has 7 heteroatoms. The summed E-state index contributed by atoms with van der Waals surface area (Å²) in [7, 11) is 1.63. The van der Waals surface area contributed by atoms with Crippen LogP contribution in [-0.4, -0.2) is 35.4 Å². The van der Waals surface area contributed by atoms with Gasteiger partial charge in [0.25, 0.3) is 0 Å². The summed E-state index contributed by atoms with van der Waals surface area (Å²) in [6, 6.07) is 1.18. The van der Waals surface area contributed by atoms with E-state index in [1.54, 1.807) is 31.0 Å². The minimum Gasteiger partial charge on any atom is -0.383 e. The molecular weight excluding hydrogens is 232 g/mol. The zero-order chi connectivity index (χ0) is 11.3. The maximum Gasteiger partial charge on any atom is 0.242 e. The van der Waals surface area contributed by atoms with Gasteiger partial charge in [-0.2, -0.15) is 5.10 Å². The summed E-state index contributed by atoms with van der Waals surface area (Å²) < 4.78 is 6.60. The van der Waals surface area contributed by atoms with Crippen LogP contribution in [0.5, 0.6) is 0 Å². The Balaban J connectivity index is 0.00000225. The number of nitrogens with zero attached hydrogens (tertiary/aromatic N) is 2. The molecule has 1 rings (SSSR count). The van der Waals surface area contributed by atoms with Crippen molar-refractivity contribution in [2.75, 3.05) is 19.0 Å². The molecule has 3 N–H and O–H groups in total. The van der Waals surface area contributed by atoms with E-state index >= 15 is 0 Å². The molecule has 0 fully saturated rings. The van der Waals surface area contributed by atoms with Crippen LogP contribution in [0.1, 0.15) is 6.92 Å². The van der Waals surface area contributed by atoms with Crippen LogP contribution < -0.4 is 11.1 Å². The fourth-order valence-electron chi connectivity index (χ4n) is 0.978. The molecule has 0 aliphatic heterocycles. The monoisotopic (exact) mass is 248 g/mol. The lowest BCUT2D eigenvalue weighted by atomic mass is 10.3. The third-order valence-electron chi connectivity index (χ3n) is 1.83. The number of nitrogens with one attached hydrogen (secondary N) is 1. The maximum atomic E-state index is 11.2. The number of rotatable bonds is 5. The molecule has 0 aliphatic carbocycles. The van der Waals surface area contributed by atoms with Gasteiger partial charge >= 0.3 is 0 Å². The number of aromatic nitrogens is 2. The number of amides is 1. The number of anilines is 1. The topological polar surface area (TPSA) is 82.2 Å². The molecule has 6 nitrogen and oxygen atoms in total. The van der Waals surface area contributed by atoms with Gasteiger partial charge in [-0.3, -0.25) is 9.48 Å². The number of carbonyl (C=O) groups excluding carboxylic acids is 1. The van der Waals surface area contributed by atoms with Crippen LogP contribution in [0.3, 0.4) is 0 Å². The lowest BCUT2D eigenvalue weighted by molar-refractivity contribution is -0.117. The van der Waals surface area contributed by atoms with Gasteiger partial charge in [-0.25, -0.2) is 0 Å². The molecule has 0 aliphatic rings. The van der Waals surface area contributed by atoms with Crippen molar-refractivity contribution in [3.63, 3.8) is 0 Å². The number of methoxy groups -OCH3 is 1. The number of ether oxygens (including phenoxy) is 1. The van der Waals surface area contributed by atoms with Crippen molar-refractivity contribution in [2.24, 2.45) is 5.73 Å². The maximum absolute atomic E-state index is 11.2. The summed E-state index contributed by atoms with van der Waals surface area (Å²) in [6.45, 7) is 2.87. The highest BCUT2D eigenvalue weighted by Gasteiger charge is 2.08. The molecule has 1 atom stereocenters. The van der Waals surface area contributed by atoms with Crippen molar-refractivity contribution in [2.45, 2.75) is 19.5 Å². The smallest absolute Gasteiger partial charge is 0.242 e. The van der Waals surface area contributed by atoms with Crippen LogP contribution >= 0.6 is 12.4 Å². The highest BCUT2D eigenvalue weighted by Crippen LogP contribution is 2.02. The van der Waals surface area contributed by atoms with E-state index in [2.05, 4.69) is 10.4 Å². The minimum atomic E-state index is -0.533. The molecule has 1 unspecified atom stereocenters. The van der Waals surface area contributed by atoms with Gasteiger partial charge in [-0.05, 0) is 6.92 Å². The van der Waals surface area contributed by atoms with Crippen LogP contribution in [0.25, 0.3) is 0 Å². The lowest BCUT2D eigenvalue weighted by Crippen LogP contribution is -2.32.